The number of alkyl halides is 3. The number of aromatic amines is 1. The van der Waals surface area contributed by atoms with Crippen LogP contribution in [0.25, 0.3) is 0 Å². The number of nitrogens with two attached hydrogens (primary N) is 1. The number of hydrogen-bond donors (Lipinski definition) is 2. The van der Waals surface area contributed by atoms with E-state index in [0.717, 1.165) is 11.1 Å². The van der Waals surface area contributed by atoms with E-state index < -0.39 is 6.36 Å². The number of H-pyrrole nitrogens is 1. The second-order valence-corrected chi connectivity index (χ2v) is 4.55. The molecule has 1 heterocycles. The zero-order valence-corrected chi connectivity index (χ0v) is 11.1. The third kappa shape index (κ3) is 3.77. The molecule has 0 aliphatic carbocycles. The van der Waals surface area contributed by atoms with Gasteiger partial charge in [-0.1, -0.05) is 12.1 Å². The highest BCUT2D eigenvalue weighted by atomic mass is 19.4. The minimum atomic E-state index is -4.70. The van der Waals surface area contributed by atoms with Crippen LogP contribution in [0.2, 0.25) is 0 Å². The van der Waals surface area contributed by atoms with Crippen LogP contribution in [-0.2, 0) is 6.42 Å². The number of nitrogen functional groups attached to an aromatic ring is 1. The number of pyridine rings is 1. The summed E-state index contributed by atoms with van der Waals surface area (Å²) in [7, 11) is 0. The van der Waals surface area contributed by atoms with Crippen molar-refractivity contribution in [1.29, 1.82) is 0 Å². The van der Waals surface area contributed by atoms with Crippen LogP contribution in [-0.4, -0.2) is 11.3 Å². The molecular weight excluding hydrogens is 285 g/mol. The number of ether oxygens (including phenoxy) is 1. The Bertz CT molecular complexity index is 691. The summed E-state index contributed by atoms with van der Waals surface area (Å²) >= 11 is 0. The third-order valence-corrected chi connectivity index (χ3v) is 3.06. The fourth-order valence-electron chi connectivity index (χ4n) is 1.89. The Morgan fingerprint density at radius 3 is 2.43 bits per heavy atom. The molecule has 0 radical (unpaired) electrons. The number of hydrogen-bond acceptors (Lipinski definition) is 3. The van der Waals surface area contributed by atoms with Gasteiger partial charge in [0.25, 0.3) is 5.56 Å². The molecule has 112 valence electrons. The van der Waals surface area contributed by atoms with E-state index in [1.54, 1.807) is 13.1 Å². The second kappa shape index (κ2) is 5.51. The molecule has 3 N–H and O–H groups in total. The van der Waals surface area contributed by atoms with Gasteiger partial charge in [0.05, 0.1) is 0 Å². The number of aromatic nitrogens is 1. The van der Waals surface area contributed by atoms with Gasteiger partial charge in [-0.2, -0.15) is 0 Å². The lowest BCUT2D eigenvalue weighted by Gasteiger charge is -2.10. The first-order valence-corrected chi connectivity index (χ1v) is 6.07. The van der Waals surface area contributed by atoms with Crippen LogP contribution in [0.4, 0.5) is 18.9 Å². The van der Waals surface area contributed by atoms with Gasteiger partial charge in [-0.05, 0) is 42.2 Å². The number of halogens is 3. The van der Waals surface area contributed by atoms with Crippen LogP contribution in [0, 0.1) is 6.92 Å². The zero-order valence-electron chi connectivity index (χ0n) is 11.1. The molecule has 1 aromatic heterocycles. The summed E-state index contributed by atoms with van der Waals surface area (Å²) in [5.41, 5.74) is 7.67. The molecule has 2 rings (SSSR count). The zero-order chi connectivity index (χ0) is 15.6. The van der Waals surface area contributed by atoms with Crippen LogP contribution < -0.4 is 16.0 Å². The van der Waals surface area contributed by atoms with Crippen molar-refractivity contribution in [3.63, 3.8) is 0 Å². The summed E-state index contributed by atoms with van der Waals surface area (Å²) in [5, 5.41) is 0. The average molecular weight is 298 g/mol. The maximum Gasteiger partial charge on any atom is 0.573 e. The largest absolute Gasteiger partial charge is 0.573 e. The summed E-state index contributed by atoms with van der Waals surface area (Å²) in [6, 6.07) is 5.55. The Labute approximate surface area is 118 Å². The minimum Gasteiger partial charge on any atom is -0.406 e. The van der Waals surface area contributed by atoms with E-state index >= 15 is 0 Å². The van der Waals surface area contributed by atoms with Crippen LogP contribution in [0.1, 0.15) is 16.7 Å². The van der Waals surface area contributed by atoms with Crippen molar-refractivity contribution in [2.24, 2.45) is 0 Å². The van der Waals surface area contributed by atoms with Gasteiger partial charge in [-0.15, -0.1) is 13.2 Å². The van der Waals surface area contributed by atoms with Gasteiger partial charge in [0.2, 0.25) is 0 Å². The molecule has 0 fully saturated rings. The standard InChI is InChI=1S/C14H13F3N2O2/c1-8-10(7-19-13(20)12(8)18)6-9-2-4-11(5-3-9)21-14(15,16)17/h2-5,7H,6,18H2,1H3,(H,19,20). The quantitative estimate of drug-likeness (QED) is 0.915. The molecule has 21 heavy (non-hydrogen) atoms. The van der Waals surface area contributed by atoms with E-state index in [9.17, 15) is 18.0 Å². The predicted octanol–water partition coefficient (Wildman–Crippen LogP) is 2.75. The average Bonchev–Trinajstić information content (AvgIpc) is 2.40. The van der Waals surface area contributed by atoms with E-state index in [2.05, 4.69) is 9.72 Å². The summed E-state index contributed by atoms with van der Waals surface area (Å²) in [6.07, 6.45) is -2.71. The molecule has 0 amide bonds. The summed E-state index contributed by atoms with van der Waals surface area (Å²) in [5.74, 6) is -0.274. The molecule has 2 aromatic rings. The Balaban J connectivity index is 2.18. The molecule has 7 heteroatoms. The lowest BCUT2D eigenvalue weighted by Crippen LogP contribution is -2.17. The predicted molar refractivity (Wildman–Crippen MR) is 72.1 cm³/mol. The van der Waals surface area contributed by atoms with Crippen molar-refractivity contribution >= 4 is 5.69 Å². The lowest BCUT2D eigenvalue weighted by molar-refractivity contribution is -0.274. The summed E-state index contributed by atoms with van der Waals surface area (Å²) < 4.78 is 40.0. The van der Waals surface area contributed by atoms with Crippen molar-refractivity contribution in [3.8, 4) is 5.75 Å². The Kier molecular flexibility index (Phi) is 3.93. The Morgan fingerprint density at radius 2 is 1.86 bits per heavy atom. The molecule has 0 saturated heterocycles. The Morgan fingerprint density at radius 1 is 1.24 bits per heavy atom. The smallest absolute Gasteiger partial charge is 0.406 e. The molecule has 0 aliphatic heterocycles. The van der Waals surface area contributed by atoms with Gasteiger partial charge in [-0.25, -0.2) is 0 Å². The first-order valence-electron chi connectivity index (χ1n) is 6.07. The lowest BCUT2D eigenvalue weighted by atomic mass is 10.0. The number of anilines is 1. The van der Waals surface area contributed by atoms with Gasteiger partial charge < -0.3 is 15.5 Å². The summed E-state index contributed by atoms with van der Waals surface area (Å²) in [4.78, 5) is 13.8. The van der Waals surface area contributed by atoms with Gasteiger partial charge in [0, 0.05) is 6.20 Å². The molecule has 0 spiro atoms. The fourth-order valence-corrected chi connectivity index (χ4v) is 1.89. The Hall–Kier alpha value is -2.44. The maximum absolute atomic E-state index is 12.1. The van der Waals surface area contributed by atoms with E-state index in [1.807, 2.05) is 0 Å². The van der Waals surface area contributed by atoms with Gasteiger partial charge >= 0.3 is 6.36 Å². The molecule has 0 atom stereocenters. The van der Waals surface area contributed by atoms with E-state index in [4.69, 9.17) is 5.73 Å². The van der Waals surface area contributed by atoms with E-state index in [1.165, 1.54) is 24.3 Å². The maximum atomic E-state index is 12.1. The highest BCUT2D eigenvalue weighted by molar-refractivity contribution is 5.48. The van der Waals surface area contributed by atoms with Crippen LogP contribution in [0.5, 0.6) is 5.75 Å². The van der Waals surface area contributed by atoms with Gasteiger partial charge in [0.15, 0.2) is 0 Å². The van der Waals surface area contributed by atoms with Crippen LogP contribution in [0.15, 0.2) is 35.3 Å². The van der Waals surface area contributed by atoms with Gasteiger partial charge in [-0.3, -0.25) is 4.79 Å². The van der Waals surface area contributed by atoms with E-state index in [-0.39, 0.29) is 17.0 Å². The SMILES string of the molecule is Cc1c(Cc2ccc(OC(F)(F)F)cc2)c[nH]c(=O)c1N. The first kappa shape index (κ1) is 15.0. The number of rotatable bonds is 3. The molecular formula is C14H13F3N2O2. The second-order valence-electron chi connectivity index (χ2n) is 4.55. The van der Waals surface area contributed by atoms with Gasteiger partial charge in [0.1, 0.15) is 11.4 Å². The minimum absolute atomic E-state index is 0.143. The molecule has 0 bridgehead atoms. The normalized spacial score (nSPS) is 11.4. The van der Waals surface area contributed by atoms with E-state index in [0.29, 0.717) is 12.0 Å². The highest BCUT2D eigenvalue weighted by Crippen LogP contribution is 2.24. The first-order chi connectivity index (χ1) is 9.76. The van der Waals surface area contributed by atoms with Crippen LogP contribution >= 0.6 is 0 Å². The molecule has 4 nitrogen and oxygen atoms in total. The van der Waals surface area contributed by atoms with Crippen molar-refractivity contribution in [2.45, 2.75) is 19.7 Å². The summed E-state index contributed by atoms with van der Waals surface area (Å²) in [6.45, 7) is 1.72. The topological polar surface area (TPSA) is 68.1 Å². The molecule has 1 aromatic carbocycles. The van der Waals surface area contributed by atoms with Crippen molar-refractivity contribution in [1.82, 2.24) is 4.98 Å². The molecule has 0 aliphatic rings. The van der Waals surface area contributed by atoms with Crippen LogP contribution in [0.3, 0.4) is 0 Å². The number of benzene rings is 1. The van der Waals surface area contributed by atoms with Crippen molar-refractivity contribution < 1.29 is 17.9 Å². The monoisotopic (exact) mass is 298 g/mol. The number of nitrogens with one attached hydrogen (secondary N) is 1. The molecule has 0 saturated carbocycles. The van der Waals surface area contributed by atoms with Crippen molar-refractivity contribution in [2.75, 3.05) is 5.73 Å². The van der Waals surface area contributed by atoms with Crippen molar-refractivity contribution in [3.05, 3.63) is 57.5 Å². The fraction of sp³-hybridized carbons (Fsp3) is 0.214. The highest BCUT2D eigenvalue weighted by Gasteiger charge is 2.30. The molecule has 0 unspecified atom stereocenters. The third-order valence-electron chi connectivity index (χ3n) is 3.06.